The lowest BCUT2D eigenvalue weighted by Crippen LogP contribution is -2.35. The van der Waals surface area contributed by atoms with E-state index in [2.05, 4.69) is 21.7 Å². The molecule has 2 heterocycles. The van der Waals surface area contributed by atoms with Crippen molar-refractivity contribution in [1.82, 2.24) is 10.3 Å². The molecule has 0 aliphatic carbocycles. The van der Waals surface area contributed by atoms with Crippen LogP contribution in [0.25, 0.3) is 0 Å². The lowest BCUT2D eigenvalue weighted by molar-refractivity contribution is -0.117. The van der Waals surface area contributed by atoms with Crippen molar-refractivity contribution in [3.63, 3.8) is 0 Å². The molecule has 1 aromatic heterocycles. The maximum absolute atomic E-state index is 12.5. The predicted molar refractivity (Wildman–Crippen MR) is 80.3 cm³/mol. The number of ether oxygens (including phenoxy) is 1. The molecule has 2 N–H and O–H groups in total. The molecule has 0 saturated heterocycles. The van der Waals surface area contributed by atoms with Crippen LogP contribution in [0.15, 0.2) is 42.6 Å². The molecule has 0 bridgehead atoms. The van der Waals surface area contributed by atoms with Crippen molar-refractivity contribution in [2.24, 2.45) is 0 Å². The monoisotopic (exact) mass is 283 g/mol. The molecule has 1 amide bonds. The van der Waals surface area contributed by atoms with Crippen molar-refractivity contribution in [1.29, 1.82) is 0 Å². The summed E-state index contributed by atoms with van der Waals surface area (Å²) in [6.07, 6.45) is 1.60. The summed E-state index contributed by atoms with van der Waals surface area (Å²) in [5.74, 6) is 0.316. The van der Waals surface area contributed by atoms with Gasteiger partial charge in [-0.1, -0.05) is 24.3 Å². The zero-order valence-electron chi connectivity index (χ0n) is 11.8. The first kappa shape index (κ1) is 13.6. The zero-order valence-corrected chi connectivity index (χ0v) is 11.8. The average Bonchev–Trinajstić information content (AvgIpc) is 2.55. The number of benzene rings is 1. The van der Waals surface area contributed by atoms with Crippen molar-refractivity contribution in [3.05, 3.63) is 53.7 Å². The second kappa shape index (κ2) is 5.93. The average molecular weight is 283 g/mol. The van der Waals surface area contributed by atoms with Gasteiger partial charge in [0.1, 0.15) is 0 Å². The molecule has 1 aromatic carbocycles. The van der Waals surface area contributed by atoms with Crippen LogP contribution in [0.3, 0.4) is 0 Å². The van der Waals surface area contributed by atoms with Crippen LogP contribution in [0.2, 0.25) is 0 Å². The SMILES string of the molecule is COc1ccc(NC(=O)C2CNCc3ccccc32)cn1. The number of hydrogen-bond acceptors (Lipinski definition) is 4. The van der Waals surface area contributed by atoms with E-state index in [1.807, 2.05) is 18.2 Å². The fraction of sp³-hybridized carbons (Fsp3) is 0.250. The molecule has 21 heavy (non-hydrogen) atoms. The summed E-state index contributed by atoms with van der Waals surface area (Å²) >= 11 is 0. The maximum atomic E-state index is 12.5. The van der Waals surface area contributed by atoms with E-state index in [1.165, 1.54) is 5.56 Å². The Morgan fingerprint density at radius 1 is 1.33 bits per heavy atom. The van der Waals surface area contributed by atoms with Gasteiger partial charge in [-0.15, -0.1) is 0 Å². The number of methoxy groups -OCH3 is 1. The number of rotatable bonds is 3. The molecule has 3 rings (SSSR count). The number of aromatic nitrogens is 1. The topological polar surface area (TPSA) is 63.2 Å². The van der Waals surface area contributed by atoms with E-state index < -0.39 is 0 Å². The number of nitrogens with one attached hydrogen (secondary N) is 2. The lowest BCUT2D eigenvalue weighted by atomic mass is 9.90. The minimum Gasteiger partial charge on any atom is -0.481 e. The molecule has 1 atom stereocenters. The summed E-state index contributed by atoms with van der Waals surface area (Å²) in [6.45, 7) is 1.45. The molecule has 2 aromatic rings. The molecule has 0 radical (unpaired) electrons. The standard InChI is InChI=1S/C16H17N3O2/c1-21-15-7-6-12(9-18-15)19-16(20)14-10-17-8-11-4-2-3-5-13(11)14/h2-7,9,14,17H,8,10H2,1H3,(H,19,20). The number of amides is 1. The van der Waals surface area contributed by atoms with Crippen LogP contribution in [-0.2, 0) is 11.3 Å². The molecule has 5 nitrogen and oxygen atoms in total. The molecule has 5 heteroatoms. The first-order valence-corrected chi connectivity index (χ1v) is 6.87. The number of anilines is 1. The molecule has 0 spiro atoms. The summed E-state index contributed by atoms with van der Waals surface area (Å²) in [5.41, 5.74) is 2.94. The van der Waals surface area contributed by atoms with Crippen LogP contribution in [0.1, 0.15) is 17.0 Å². The first-order valence-electron chi connectivity index (χ1n) is 6.87. The predicted octanol–water partition coefficient (Wildman–Crippen LogP) is 1.92. The zero-order chi connectivity index (χ0) is 14.7. The van der Waals surface area contributed by atoms with Gasteiger partial charge in [-0.2, -0.15) is 0 Å². The largest absolute Gasteiger partial charge is 0.481 e. The number of pyridine rings is 1. The van der Waals surface area contributed by atoms with Gasteiger partial charge in [0.05, 0.1) is 24.9 Å². The minimum absolute atomic E-state index is 0.0263. The van der Waals surface area contributed by atoms with Gasteiger partial charge >= 0.3 is 0 Å². The van der Waals surface area contributed by atoms with Gasteiger partial charge in [0.2, 0.25) is 11.8 Å². The molecular formula is C16H17N3O2. The molecular weight excluding hydrogens is 266 g/mol. The van der Waals surface area contributed by atoms with Crippen molar-refractivity contribution >= 4 is 11.6 Å². The van der Waals surface area contributed by atoms with E-state index >= 15 is 0 Å². The van der Waals surface area contributed by atoms with Crippen molar-refractivity contribution in [3.8, 4) is 5.88 Å². The van der Waals surface area contributed by atoms with Crippen molar-refractivity contribution in [2.45, 2.75) is 12.5 Å². The van der Waals surface area contributed by atoms with Crippen LogP contribution in [0, 0.1) is 0 Å². The number of hydrogen-bond donors (Lipinski definition) is 2. The van der Waals surface area contributed by atoms with Gasteiger partial charge in [-0.05, 0) is 17.2 Å². The Kier molecular flexibility index (Phi) is 3.83. The third-order valence-electron chi connectivity index (χ3n) is 3.62. The van der Waals surface area contributed by atoms with Crippen LogP contribution in [0.5, 0.6) is 5.88 Å². The first-order chi connectivity index (χ1) is 10.3. The van der Waals surface area contributed by atoms with Gasteiger partial charge in [-0.3, -0.25) is 4.79 Å². The van der Waals surface area contributed by atoms with E-state index in [4.69, 9.17) is 4.74 Å². The third kappa shape index (κ3) is 2.87. The van der Waals surface area contributed by atoms with Gasteiger partial charge < -0.3 is 15.4 Å². The summed E-state index contributed by atoms with van der Waals surface area (Å²) in [6, 6.07) is 11.5. The second-order valence-corrected chi connectivity index (χ2v) is 4.96. The van der Waals surface area contributed by atoms with E-state index in [-0.39, 0.29) is 11.8 Å². The van der Waals surface area contributed by atoms with Gasteiger partial charge in [0.15, 0.2) is 0 Å². The van der Waals surface area contributed by atoms with E-state index in [1.54, 1.807) is 25.4 Å². The maximum Gasteiger partial charge on any atom is 0.233 e. The van der Waals surface area contributed by atoms with E-state index in [9.17, 15) is 4.79 Å². The number of fused-ring (bicyclic) bond motifs is 1. The van der Waals surface area contributed by atoms with Crippen LogP contribution < -0.4 is 15.4 Å². The summed E-state index contributed by atoms with van der Waals surface area (Å²) in [7, 11) is 1.56. The fourth-order valence-corrected chi connectivity index (χ4v) is 2.53. The molecule has 1 unspecified atom stereocenters. The smallest absolute Gasteiger partial charge is 0.233 e. The Morgan fingerprint density at radius 2 is 2.19 bits per heavy atom. The minimum atomic E-state index is -0.183. The van der Waals surface area contributed by atoms with Crippen LogP contribution in [0.4, 0.5) is 5.69 Å². The Hall–Kier alpha value is -2.40. The molecule has 108 valence electrons. The second-order valence-electron chi connectivity index (χ2n) is 4.96. The van der Waals surface area contributed by atoms with Gasteiger partial charge in [0.25, 0.3) is 0 Å². The fourth-order valence-electron chi connectivity index (χ4n) is 2.53. The van der Waals surface area contributed by atoms with Gasteiger partial charge in [-0.25, -0.2) is 4.98 Å². The Balaban J connectivity index is 1.76. The van der Waals surface area contributed by atoms with Crippen LogP contribution in [-0.4, -0.2) is 24.5 Å². The Labute approximate surface area is 123 Å². The van der Waals surface area contributed by atoms with Gasteiger partial charge in [0, 0.05) is 19.2 Å². The number of carbonyl (C=O) groups is 1. The highest BCUT2D eigenvalue weighted by Gasteiger charge is 2.26. The van der Waals surface area contributed by atoms with Crippen molar-refractivity contribution < 1.29 is 9.53 Å². The number of carbonyl (C=O) groups excluding carboxylic acids is 1. The highest BCUT2D eigenvalue weighted by Crippen LogP contribution is 2.25. The number of nitrogens with zero attached hydrogens (tertiary/aromatic N) is 1. The normalized spacial score (nSPS) is 16.9. The summed E-state index contributed by atoms with van der Waals surface area (Å²) < 4.78 is 5.00. The van der Waals surface area contributed by atoms with E-state index in [0.717, 1.165) is 12.1 Å². The third-order valence-corrected chi connectivity index (χ3v) is 3.62. The van der Waals surface area contributed by atoms with E-state index in [0.29, 0.717) is 18.1 Å². The molecule has 0 saturated carbocycles. The quantitative estimate of drug-likeness (QED) is 0.903. The Bertz CT molecular complexity index is 640. The van der Waals surface area contributed by atoms with Crippen molar-refractivity contribution in [2.75, 3.05) is 19.0 Å². The summed E-state index contributed by atoms with van der Waals surface area (Å²) in [5, 5.41) is 6.19. The summed E-state index contributed by atoms with van der Waals surface area (Å²) in [4.78, 5) is 16.6. The molecule has 1 aliphatic rings. The highest BCUT2D eigenvalue weighted by atomic mass is 16.5. The molecule has 0 fully saturated rings. The Morgan fingerprint density at radius 3 is 2.95 bits per heavy atom. The highest BCUT2D eigenvalue weighted by molar-refractivity contribution is 5.96. The lowest BCUT2D eigenvalue weighted by Gasteiger charge is -2.25. The molecule has 1 aliphatic heterocycles. The van der Waals surface area contributed by atoms with Crippen LogP contribution >= 0.6 is 0 Å².